The fraction of sp³-hybridized carbons (Fsp3) is 0.556. The molecule has 0 saturated carbocycles. The van der Waals surface area contributed by atoms with Crippen molar-refractivity contribution in [1.82, 2.24) is 5.01 Å². The van der Waals surface area contributed by atoms with Gasteiger partial charge in [-0.2, -0.15) is 5.01 Å². The van der Waals surface area contributed by atoms with E-state index in [4.69, 9.17) is 5.41 Å². The van der Waals surface area contributed by atoms with Crippen molar-refractivity contribution in [2.24, 2.45) is 0 Å². The number of allylic oxidation sites excluding steroid dienone is 1. The Morgan fingerprint density at radius 2 is 2.33 bits per heavy atom. The minimum Gasteiger partial charge on any atom is -0.298 e. The lowest BCUT2D eigenvalue weighted by molar-refractivity contribution is -0.650. The minimum atomic E-state index is 0.791. The molecule has 0 amide bonds. The molecule has 0 aromatic heterocycles. The number of hydrogen-bond donors (Lipinski definition) is 1. The Bertz CT molecular complexity index is 299. The monoisotopic (exact) mass is 164 g/mol. The normalized spacial score (nSPS) is 23.0. The molecule has 64 valence electrons. The van der Waals surface area contributed by atoms with Crippen LogP contribution in [0.1, 0.15) is 12.8 Å². The molecule has 0 fully saturated rings. The third-order valence-electron chi connectivity index (χ3n) is 2.61. The number of nitrogens with zero attached hydrogens (tertiary/aromatic N) is 2. The molecular formula is C9H14N3+. The number of hydrazine groups is 1. The zero-order valence-electron chi connectivity index (χ0n) is 7.59. The molecule has 0 aromatic carbocycles. The summed E-state index contributed by atoms with van der Waals surface area (Å²) in [4.78, 5) is 0. The maximum Gasteiger partial charge on any atom is 0.254 e. The van der Waals surface area contributed by atoms with E-state index >= 15 is 0 Å². The summed E-state index contributed by atoms with van der Waals surface area (Å²) in [6, 6.07) is 0. The van der Waals surface area contributed by atoms with E-state index in [1.165, 1.54) is 5.57 Å². The third kappa shape index (κ3) is 0.891. The van der Waals surface area contributed by atoms with E-state index in [0.717, 1.165) is 30.8 Å². The molecule has 2 aliphatic rings. The van der Waals surface area contributed by atoms with Gasteiger partial charge < -0.3 is 0 Å². The topological polar surface area (TPSA) is 30.1 Å². The quantitative estimate of drug-likeness (QED) is 0.524. The van der Waals surface area contributed by atoms with Crippen LogP contribution < -0.4 is 0 Å². The number of hydrogen-bond acceptors (Lipinski definition) is 2. The first kappa shape index (κ1) is 7.53. The summed E-state index contributed by atoms with van der Waals surface area (Å²) in [6.07, 6.45) is 4.20. The molecule has 0 spiro atoms. The van der Waals surface area contributed by atoms with E-state index in [9.17, 15) is 0 Å². The van der Waals surface area contributed by atoms with Gasteiger partial charge >= 0.3 is 0 Å². The van der Waals surface area contributed by atoms with Crippen LogP contribution in [0.2, 0.25) is 0 Å². The van der Waals surface area contributed by atoms with Crippen molar-refractivity contribution in [2.75, 3.05) is 20.6 Å². The number of nitrogens with one attached hydrogen (secondary N) is 1. The van der Waals surface area contributed by atoms with E-state index in [1.807, 2.05) is 7.05 Å². The molecule has 0 unspecified atom stereocenters. The fourth-order valence-corrected chi connectivity index (χ4v) is 1.87. The first-order chi connectivity index (χ1) is 5.70. The highest BCUT2D eigenvalue weighted by atomic mass is 15.6. The van der Waals surface area contributed by atoms with Crippen LogP contribution in [0.4, 0.5) is 0 Å². The van der Waals surface area contributed by atoms with Gasteiger partial charge in [-0.05, 0) is 12.8 Å². The molecule has 0 bridgehead atoms. The summed E-state index contributed by atoms with van der Waals surface area (Å²) >= 11 is 0. The summed E-state index contributed by atoms with van der Waals surface area (Å²) in [5, 5.41) is 9.93. The van der Waals surface area contributed by atoms with Crippen LogP contribution in [0.3, 0.4) is 0 Å². The van der Waals surface area contributed by atoms with Crippen molar-refractivity contribution in [3.63, 3.8) is 0 Å². The smallest absolute Gasteiger partial charge is 0.254 e. The van der Waals surface area contributed by atoms with Crippen LogP contribution >= 0.6 is 0 Å². The Labute approximate surface area is 72.5 Å². The van der Waals surface area contributed by atoms with E-state index in [-0.39, 0.29) is 0 Å². The van der Waals surface area contributed by atoms with Gasteiger partial charge in [0.05, 0.1) is 7.05 Å². The molecular weight excluding hydrogens is 150 g/mol. The van der Waals surface area contributed by atoms with Crippen molar-refractivity contribution in [3.05, 3.63) is 11.6 Å². The van der Waals surface area contributed by atoms with Crippen LogP contribution in [-0.2, 0) is 0 Å². The molecule has 0 saturated heterocycles. The van der Waals surface area contributed by atoms with Gasteiger partial charge in [0.2, 0.25) is 0 Å². The van der Waals surface area contributed by atoms with Crippen LogP contribution in [-0.4, -0.2) is 41.8 Å². The van der Waals surface area contributed by atoms with Crippen molar-refractivity contribution >= 4 is 11.4 Å². The second-order valence-corrected chi connectivity index (χ2v) is 3.43. The maximum absolute atomic E-state index is 7.79. The van der Waals surface area contributed by atoms with Crippen LogP contribution in [0.15, 0.2) is 11.6 Å². The van der Waals surface area contributed by atoms with E-state index < -0.39 is 0 Å². The summed E-state index contributed by atoms with van der Waals surface area (Å²) in [5.41, 5.74) is 3.25. The maximum atomic E-state index is 7.79. The average molecular weight is 164 g/mol. The first-order valence-corrected chi connectivity index (χ1v) is 4.29. The van der Waals surface area contributed by atoms with E-state index in [0.29, 0.717) is 0 Å². The highest BCUT2D eigenvalue weighted by Crippen LogP contribution is 2.18. The molecule has 3 nitrogen and oxygen atoms in total. The summed E-state index contributed by atoms with van der Waals surface area (Å²) in [5.74, 6) is 0. The zero-order valence-corrected chi connectivity index (χ0v) is 7.59. The Morgan fingerprint density at radius 3 is 3.00 bits per heavy atom. The minimum absolute atomic E-state index is 0.791. The van der Waals surface area contributed by atoms with Crippen LogP contribution in [0.5, 0.6) is 0 Å². The molecule has 0 atom stereocenters. The van der Waals surface area contributed by atoms with Crippen LogP contribution in [0, 0.1) is 5.41 Å². The Balaban J connectivity index is 2.49. The van der Waals surface area contributed by atoms with Gasteiger partial charge in [0, 0.05) is 5.57 Å². The predicted octanol–water partition coefficient (Wildman–Crippen LogP) is 0.670. The molecule has 1 N–H and O–H groups in total. The highest BCUT2D eigenvalue weighted by Gasteiger charge is 2.34. The Hall–Kier alpha value is -1.12. The van der Waals surface area contributed by atoms with Gasteiger partial charge in [-0.3, -0.25) is 5.41 Å². The molecule has 1 aliphatic heterocycles. The van der Waals surface area contributed by atoms with Gasteiger partial charge in [0.25, 0.3) is 5.71 Å². The average Bonchev–Trinajstić information content (AvgIpc) is 2.29. The molecule has 12 heavy (non-hydrogen) atoms. The SMILES string of the molecule is CN1CC2=CCCC(=N)C2=[N+]1C. The Morgan fingerprint density at radius 1 is 1.58 bits per heavy atom. The summed E-state index contributed by atoms with van der Waals surface area (Å²) < 4.78 is 2.08. The number of hydrazone groups is 1. The molecule has 3 heteroatoms. The predicted molar refractivity (Wildman–Crippen MR) is 48.9 cm³/mol. The molecule has 0 radical (unpaired) electrons. The van der Waals surface area contributed by atoms with Gasteiger partial charge in [0.15, 0.2) is 7.05 Å². The third-order valence-corrected chi connectivity index (χ3v) is 2.61. The van der Waals surface area contributed by atoms with Gasteiger partial charge in [-0.1, -0.05) is 6.08 Å². The largest absolute Gasteiger partial charge is 0.298 e. The first-order valence-electron chi connectivity index (χ1n) is 4.29. The van der Waals surface area contributed by atoms with Gasteiger partial charge in [-0.25, -0.2) is 0 Å². The standard InChI is InChI=1S/C9H14N3/c1-11-6-7-4-3-5-8(10)9(7)12(11)2/h4,10H,3,5-6H2,1-2H3/q+1. The van der Waals surface area contributed by atoms with Crippen LogP contribution in [0.25, 0.3) is 0 Å². The zero-order chi connectivity index (χ0) is 8.72. The van der Waals surface area contributed by atoms with Gasteiger partial charge in [0.1, 0.15) is 12.3 Å². The van der Waals surface area contributed by atoms with Crippen molar-refractivity contribution in [1.29, 1.82) is 5.41 Å². The van der Waals surface area contributed by atoms with E-state index in [1.54, 1.807) is 0 Å². The van der Waals surface area contributed by atoms with E-state index in [2.05, 4.69) is 22.8 Å². The fourth-order valence-electron chi connectivity index (χ4n) is 1.87. The molecule has 0 aromatic rings. The molecule has 2 rings (SSSR count). The second-order valence-electron chi connectivity index (χ2n) is 3.43. The lowest BCUT2D eigenvalue weighted by Gasteiger charge is -2.05. The lowest BCUT2D eigenvalue weighted by Crippen LogP contribution is -2.28. The second kappa shape index (κ2) is 2.44. The highest BCUT2D eigenvalue weighted by molar-refractivity contribution is 6.46. The Kier molecular flexibility index (Phi) is 1.53. The lowest BCUT2D eigenvalue weighted by atomic mass is 9.96. The number of rotatable bonds is 0. The summed E-state index contributed by atoms with van der Waals surface area (Å²) in [7, 11) is 4.08. The molecule has 1 heterocycles. The molecule has 1 aliphatic carbocycles. The van der Waals surface area contributed by atoms with Crippen molar-refractivity contribution in [2.45, 2.75) is 12.8 Å². The van der Waals surface area contributed by atoms with Crippen molar-refractivity contribution < 1.29 is 4.68 Å². The summed E-state index contributed by atoms with van der Waals surface area (Å²) in [6.45, 7) is 0.966. The number of fused-ring (bicyclic) bond motifs is 1. The number of likely N-dealkylation sites (N-methyl/N-ethyl adjacent to an activating group) is 1. The van der Waals surface area contributed by atoms with Crippen molar-refractivity contribution in [3.8, 4) is 0 Å². The van der Waals surface area contributed by atoms with Gasteiger partial charge in [-0.15, -0.1) is 4.68 Å².